The average Bonchev–Trinajstić information content (AvgIpc) is 2.15. The van der Waals surface area contributed by atoms with Gasteiger partial charge in [-0.15, -0.1) is 11.8 Å². The van der Waals surface area contributed by atoms with E-state index in [1.807, 2.05) is 23.0 Å². The SMILES string of the molecule is C1=NN2CSC=C2C1. The van der Waals surface area contributed by atoms with Gasteiger partial charge < -0.3 is 0 Å². The second-order valence-corrected chi connectivity index (χ2v) is 2.63. The molecule has 0 unspecified atom stereocenters. The summed E-state index contributed by atoms with van der Waals surface area (Å²) >= 11 is 1.82. The van der Waals surface area contributed by atoms with E-state index in [1.165, 1.54) is 5.70 Å². The first-order valence-corrected chi connectivity index (χ1v) is 3.62. The molecule has 2 nitrogen and oxygen atoms in total. The van der Waals surface area contributed by atoms with Crippen LogP contribution >= 0.6 is 11.8 Å². The minimum absolute atomic E-state index is 1.02. The zero-order valence-electron chi connectivity index (χ0n) is 4.37. The highest BCUT2D eigenvalue weighted by Gasteiger charge is 2.16. The molecule has 3 heteroatoms. The average molecular weight is 126 g/mol. The van der Waals surface area contributed by atoms with Crippen LogP contribution < -0.4 is 0 Å². The molecule has 0 aromatic carbocycles. The Balaban J connectivity index is 2.28. The topological polar surface area (TPSA) is 15.6 Å². The van der Waals surface area contributed by atoms with E-state index in [1.54, 1.807) is 0 Å². The second kappa shape index (κ2) is 1.52. The number of thioether (sulfide) groups is 1. The van der Waals surface area contributed by atoms with Gasteiger partial charge in [-0.2, -0.15) is 5.10 Å². The van der Waals surface area contributed by atoms with Gasteiger partial charge in [0.1, 0.15) is 0 Å². The maximum atomic E-state index is 4.12. The summed E-state index contributed by atoms with van der Waals surface area (Å²) in [5.41, 5.74) is 1.36. The molecule has 2 aliphatic rings. The summed E-state index contributed by atoms with van der Waals surface area (Å²) in [7, 11) is 0. The molecular weight excluding hydrogens is 120 g/mol. The van der Waals surface area contributed by atoms with Crippen LogP contribution in [0, 0.1) is 0 Å². The molecular formula is C5H6N2S. The maximum Gasteiger partial charge on any atom is 0.0907 e. The van der Waals surface area contributed by atoms with Gasteiger partial charge in [-0.05, 0) is 5.41 Å². The third kappa shape index (κ3) is 0.478. The fraction of sp³-hybridized carbons (Fsp3) is 0.400. The molecule has 0 amide bonds. The van der Waals surface area contributed by atoms with Crippen molar-refractivity contribution in [1.82, 2.24) is 5.01 Å². The Labute approximate surface area is 52.2 Å². The molecule has 0 fully saturated rings. The molecule has 0 saturated carbocycles. The first-order valence-electron chi connectivity index (χ1n) is 2.57. The van der Waals surface area contributed by atoms with Crippen LogP contribution in [0.15, 0.2) is 16.2 Å². The molecule has 0 aromatic rings. The maximum absolute atomic E-state index is 4.12. The van der Waals surface area contributed by atoms with Crippen LogP contribution in [-0.4, -0.2) is 17.1 Å². The standard InChI is InChI=1S/C5H6N2S/c1-2-6-7-4-8-3-5(1)7/h2-3H,1,4H2. The van der Waals surface area contributed by atoms with Gasteiger partial charge >= 0.3 is 0 Å². The molecule has 0 aromatic heterocycles. The number of hydrogen-bond acceptors (Lipinski definition) is 3. The van der Waals surface area contributed by atoms with Crippen LogP contribution in [0.3, 0.4) is 0 Å². The number of hydrogen-bond donors (Lipinski definition) is 0. The van der Waals surface area contributed by atoms with E-state index < -0.39 is 0 Å². The van der Waals surface area contributed by atoms with Crippen molar-refractivity contribution in [2.24, 2.45) is 5.10 Å². The van der Waals surface area contributed by atoms with Gasteiger partial charge in [0.2, 0.25) is 0 Å². The van der Waals surface area contributed by atoms with Crippen LogP contribution in [0.25, 0.3) is 0 Å². The summed E-state index contributed by atoms with van der Waals surface area (Å²) in [6, 6.07) is 0. The highest BCUT2D eigenvalue weighted by atomic mass is 32.2. The Bertz CT molecular complexity index is 162. The Hall–Kier alpha value is -0.440. The fourth-order valence-electron chi connectivity index (χ4n) is 0.842. The zero-order chi connectivity index (χ0) is 5.40. The normalized spacial score (nSPS) is 24.0. The number of nitrogens with zero attached hydrogens (tertiary/aromatic N) is 2. The molecule has 0 N–H and O–H groups in total. The van der Waals surface area contributed by atoms with Crippen molar-refractivity contribution in [3.8, 4) is 0 Å². The van der Waals surface area contributed by atoms with E-state index in [0.29, 0.717) is 0 Å². The molecule has 0 bridgehead atoms. The monoisotopic (exact) mass is 126 g/mol. The Kier molecular flexibility index (Phi) is 0.842. The van der Waals surface area contributed by atoms with Gasteiger partial charge in [0, 0.05) is 18.3 Å². The third-order valence-electron chi connectivity index (χ3n) is 1.27. The van der Waals surface area contributed by atoms with Crippen LogP contribution in [0.5, 0.6) is 0 Å². The smallest absolute Gasteiger partial charge is 0.0907 e. The van der Waals surface area contributed by atoms with E-state index in [0.717, 1.165) is 12.3 Å². The van der Waals surface area contributed by atoms with Crippen molar-refractivity contribution in [3.63, 3.8) is 0 Å². The summed E-state index contributed by atoms with van der Waals surface area (Å²) in [5.74, 6) is 1.02. The lowest BCUT2D eigenvalue weighted by atomic mass is 10.4. The van der Waals surface area contributed by atoms with Crippen LogP contribution in [0.2, 0.25) is 0 Å². The minimum Gasteiger partial charge on any atom is -0.259 e. The van der Waals surface area contributed by atoms with Crippen molar-refractivity contribution in [1.29, 1.82) is 0 Å². The van der Waals surface area contributed by atoms with E-state index in [2.05, 4.69) is 10.5 Å². The predicted octanol–water partition coefficient (Wildman–Crippen LogP) is 1.22. The molecule has 0 spiro atoms. The van der Waals surface area contributed by atoms with Crippen molar-refractivity contribution < 1.29 is 0 Å². The number of rotatable bonds is 0. The predicted molar refractivity (Wildman–Crippen MR) is 35.5 cm³/mol. The fourth-order valence-corrected chi connectivity index (χ4v) is 1.70. The van der Waals surface area contributed by atoms with E-state index in [4.69, 9.17) is 0 Å². The molecule has 2 aliphatic heterocycles. The van der Waals surface area contributed by atoms with Gasteiger partial charge in [0.15, 0.2) is 0 Å². The molecule has 2 heterocycles. The Morgan fingerprint density at radius 1 is 1.75 bits per heavy atom. The first kappa shape index (κ1) is 4.44. The third-order valence-corrected chi connectivity index (χ3v) is 2.10. The zero-order valence-corrected chi connectivity index (χ0v) is 5.19. The van der Waals surface area contributed by atoms with E-state index in [9.17, 15) is 0 Å². The minimum atomic E-state index is 1.02. The first-order chi connectivity index (χ1) is 3.97. The van der Waals surface area contributed by atoms with Crippen molar-refractivity contribution >= 4 is 18.0 Å². The largest absolute Gasteiger partial charge is 0.259 e. The summed E-state index contributed by atoms with van der Waals surface area (Å²) in [6.45, 7) is 0. The lowest BCUT2D eigenvalue weighted by molar-refractivity contribution is 0.457. The van der Waals surface area contributed by atoms with Gasteiger partial charge in [0.25, 0.3) is 0 Å². The molecule has 0 radical (unpaired) electrons. The number of fused-ring (bicyclic) bond motifs is 1. The summed E-state index contributed by atoms with van der Waals surface area (Å²) in [4.78, 5) is 0. The van der Waals surface area contributed by atoms with Crippen LogP contribution in [-0.2, 0) is 0 Å². The lowest BCUT2D eigenvalue weighted by Gasteiger charge is -2.05. The van der Waals surface area contributed by atoms with Crippen molar-refractivity contribution in [2.45, 2.75) is 6.42 Å². The highest BCUT2D eigenvalue weighted by molar-refractivity contribution is 8.02. The Morgan fingerprint density at radius 2 is 2.75 bits per heavy atom. The quantitative estimate of drug-likeness (QED) is 0.485. The second-order valence-electron chi connectivity index (χ2n) is 1.81. The highest BCUT2D eigenvalue weighted by Crippen LogP contribution is 2.27. The summed E-state index contributed by atoms with van der Waals surface area (Å²) < 4.78 is 0. The van der Waals surface area contributed by atoms with Gasteiger partial charge in [-0.1, -0.05) is 0 Å². The lowest BCUT2D eigenvalue weighted by Crippen LogP contribution is -2.04. The Morgan fingerprint density at radius 3 is 3.62 bits per heavy atom. The van der Waals surface area contributed by atoms with Crippen molar-refractivity contribution in [2.75, 3.05) is 5.88 Å². The van der Waals surface area contributed by atoms with E-state index >= 15 is 0 Å². The number of allylic oxidation sites excluding steroid dienone is 1. The molecule has 0 aliphatic carbocycles. The van der Waals surface area contributed by atoms with Gasteiger partial charge in [-0.3, -0.25) is 5.01 Å². The van der Waals surface area contributed by atoms with Gasteiger partial charge in [0.05, 0.1) is 5.88 Å². The number of hydrazone groups is 1. The summed E-state index contributed by atoms with van der Waals surface area (Å²) in [6.07, 6.45) is 2.98. The van der Waals surface area contributed by atoms with Gasteiger partial charge in [-0.25, -0.2) is 0 Å². The molecule has 8 heavy (non-hydrogen) atoms. The molecule has 0 saturated heterocycles. The van der Waals surface area contributed by atoms with E-state index in [-0.39, 0.29) is 0 Å². The summed E-state index contributed by atoms with van der Waals surface area (Å²) in [5, 5.41) is 8.32. The molecule has 42 valence electrons. The van der Waals surface area contributed by atoms with Crippen LogP contribution in [0.1, 0.15) is 6.42 Å². The molecule has 2 rings (SSSR count). The van der Waals surface area contributed by atoms with Crippen molar-refractivity contribution in [3.05, 3.63) is 11.1 Å². The molecule has 0 atom stereocenters. The van der Waals surface area contributed by atoms with Crippen LogP contribution in [0.4, 0.5) is 0 Å².